The second-order valence-electron chi connectivity index (χ2n) is 7.59. The van der Waals surface area contributed by atoms with E-state index < -0.39 is 17.2 Å². The average molecular weight is 436 g/mol. The summed E-state index contributed by atoms with van der Waals surface area (Å²) < 4.78 is 1.70. The summed E-state index contributed by atoms with van der Waals surface area (Å²) in [5.74, 6) is -0.997. The Morgan fingerprint density at radius 1 is 0.935 bits per heavy atom. The van der Waals surface area contributed by atoms with E-state index >= 15 is 0 Å². The van der Waals surface area contributed by atoms with Gasteiger partial charge in [0.15, 0.2) is 0 Å². The third kappa shape index (κ3) is 5.22. The molecule has 0 saturated heterocycles. The first kappa shape index (κ1) is 20.9. The van der Waals surface area contributed by atoms with Gasteiger partial charge in [-0.2, -0.15) is 0 Å². The highest BCUT2D eigenvalue weighted by molar-refractivity contribution is 6.31. The third-order valence-electron chi connectivity index (χ3n) is 5.09. The van der Waals surface area contributed by atoms with Crippen LogP contribution >= 0.6 is 11.6 Å². The number of benzene rings is 2. The van der Waals surface area contributed by atoms with Crippen LogP contribution in [-0.2, 0) is 13.1 Å². The van der Waals surface area contributed by atoms with Crippen molar-refractivity contribution in [1.29, 1.82) is 0 Å². The first-order chi connectivity index (χ1) is 15.0. The van der Waals surface area contributed by atoms with Crippen LogP contribution in [0, 0.1) is 0 Å². The Hall–Kier alpha value is -3.38. The molecule has 0 spiro atoms. The van der Waals surface area contributed by atoms with Crippen molar-refractivity contribution in [2.24, 2.45) is 0 Å². The lowest BCUT2D eigenvalue weighted by molar-refractivity contribution is 0.0948. The van der Waals surface area contributed by atoms with Crippen molar-refractivity contribution in [3.05, 3.63) is 104 Å². The van der Waals surface area contributed by atoms with Gasteiger partial charge in [0, 0.05) is 36.5 Å². The maximum absolute atomic E-state index is 13.0. The lowest BCUT2D eigenvalue weighted by atomic mass is 10.1. The topological polar surface area (TPSA) is 80.2 Å². The number of nitrogens with one attached hydrogen (secondary N) is 2. The van der Waals surface area contributed by atoms with Gasteiger partial charge in [-0.1, -0.05) is 60.1 Å². The molecule has 2 aromatic carbocycles. The van der Waals surface area contributed by atoms with Crippen LogP contribution in [0.2, 0.25) is 5.02 Å². The highest BCUT2D eigenvalue weighted by Gasteiger charge is 2.26. The molecule has 6 nitrogen and oxygen atoms in total. The number of hydrogen-bond donors (Lipinski definition) is 2. The Kier molecular flexibility index (Phi) is 6.18. The Balaban J connectivity index is 1.63. The monoisotopic (exact) mass is 435 g/mol. The maximum atomic E-state index is 13.0. The standard InChI is InChI=1S/C24H22ClN3O3/c25-21-9-5-4-8-17(21)12-26-23(30)19-14-28(13-16-6-2-1-3-7-16)15-20(22(19)29)24(31)27-18-10-11-18/h1-9,14-15,18H,10-13H2,(H,26,30)(H,27,31). The molecule has 1 aliphatic rings. The summed E-state index contributed by atoms with van der Waals surface area (Å²) in [5, 5.41) is 6.10. The summed E-state index contributed by atoms with van der Waals surface area (Å²) in [4.78, 5) is 38.5. The highest BCUT2D eigenvalue weighted by Crippen LogP contribution is 2.19. The van der Waals surface area contributed by atoms with Gasteiger partial charge >= 0.3 is 0 Å². The van der Waals surface area contributed by atoms with Crippen molar-refractivity contribution in [3.63, 3.8) is 0 Å². The number of aromatic nitrogens is 1. The molecule has 2 amide bonds. The van der Waals surface area contributed by atoms with Crippen LogP contribution in [0.15, 0.2) is 71.8 Å². The van der Waals surface area contributed by atoms with Crippen molar-refractivity contribution in [2.75, 3.05) is 0 Å². The summed E-state index contributed by atoms with van der Waals surface area (Å²) in [7, 11) is 0. The number of carbonyl (C=O) groups is 2. The number of carbonyl (C=O) groups excluding carboxylic acids is 2. The van der Waals surface area contributed by atoms with Gasteiger partial charge in [-0.05, 0) is 30.0 Å². The van der Waals surface area contributed by atoms with Crippen molar-refractivity contribution >= 4 is 23.4 Å². The molecule has 0 bridgehead atoms. The molecular formula is C24H22ClN3O3. The Bertz CT molecular complexity index is 1170. The highest BCUT2D eigenvalue weighted by atomic mass is 35.5. The molecule has 31 heavy (non-hydrogen) atoms. The molecule has 3 aromatic rings. The van der Waals surface area contributed by atoms with Gasteiger partial charge in [0.05, 0.1) is 0 Å². The van der Waals surface area contributed by atoms with E-state index in [2.05, 4.69) is 10.6 Å². The Morgan fingerprint density at radius 3 is 2.26 bits per heavy atom. The molecule has 7 heteroatoms. The normalized spacial score (nSPS) is 12.9. The van der Waals surface area contributed by atoms with Crippen molar-refractivity contribution in [1.82, 2.24) is 15.2 Å². The number of halogens is 1. The average Bonchev–Trinajstić information content (AvgIpc) is 3.58. The minimum atomic E-state index is -0.584. The molecule has 1 saturated carbocycles. The van der Waals surface area contributed by atoms with E-state index in [9.17, 15) is 14.4 Å². The van der Waals surface area contributed by atoms with E-state index in [4.69, 9.17) is 11.6 Å². The fraction of sp³-hybridized carbons (Fsp3) is 0.208. The van der Waals surface area contributed by atoms with Crippen LogP contribution in [0.25, 0.3) is 0 Å². The second-order valence-corrected chi connectivity index (χ2v) is 8.00. The molecule has 0 aliphatic heterocycles. The molecule has 1 fully saturated rings. The van der Waals surface area contributed by atoms with Crippen molar-refractivity contribution in [2.45, 2.75) is 32.0 Å². The zero-order valence-electron chi connectivity index (χ0n) is 16.8. The zero-order chi connectivity index (χ0) is 21.8. The molecule has 1 aliphatic carbocycles. The van der Waals surface area contributed by atoms with Gasteiger partial charge in [-0.25, -0.2) is 0 Å². The van der Waals surface area contributed by atoms with Gasteiger partial charge in [-0.15, -0.1) is 0 Å². The van der Waals surface area contributed by atoms with Crippen LogP contribution in [-0.4, -0.2) is 22.4 Å². The van der Waals surface area contributed by atoms with Crippen LogP contribution < -0.4 is 16.1 Å². The second kappa shape index (κ2) is 9.18. The smallest absolute Gasteiger partial charge is 0.257 e. The Labute approximate surface area is 184 Å². The van der Waals surface area contributed by atoms with Crippen molar-refractivity contribution in [3.8, 4) is 0 Å². The summed E-state index contributed by atoms with van der Waals surface area (Å²) in [5.41, 5.74) is 1.03. The minimum absolute atomic E-state index is 0.0341. The molecule has 4 rings (SSSR count). The summed E-state index contributed by atoms with van der Waals surface area (Å²) in [6.45, 7) is 0.602. The van der Waals surface area contributed by atoms with E-state index in [0.717, 1.165) is 24.0 Å². The molecule has 2 N–H and O–H groups in total. The van der Waals surface area contributed by atoms with E-state index in [1.165, 1.54) is 12.4 Å². The first-order valence-electron chi connectivity index (χ1n) is 10.1. The number of nitrogens with zero attached hydrogens (tertiary/aromatic N) is 1. The van der Waals surface area contributed by atoms with Crippen molar-refractivity contribution < 1.29 is 9.59 Å². The van der Waals surface area contributed by atoms with Gasteiger partial charge in [0.1, 0.15) is 11.1 Å². The number of pyridine rings is 1. The van der Waals surface area contributed by atoms with Crippen LogP contribution in [0.5, 0.6) is 0 Å². The first-order valence-corrected chi connectivity index (χ1v) is 10.5. The number of rotatable bonds is 7. The summed E-state index contributed by atoms with van der Waals surface area (Å²) in [6.07, 6.45) is 4.81. The largest absolute Gasteiger partial charge is 0.349 e. The van der Waals surface area contributed by atoms with Gasteiger partial charge < -0.3 is 15.2 Å². The molecule has 0 atom stereocenters. The minimum Gasteiger partial charge on any atom is -0.349 e. The van der Waals surface area contributed by atoms with Gasteiger partial charge in [0.2, 0.25) is 5.43 Å². The molecule has 0 unspecified atom stereocenters. The van der Waals surface area contributed by atoms with Crippen LogP contribution in [0.4, 0.5) is 0 Å². The molecule has 158 valence electrons. The van der Waals surface area contributed by atoms with E-state index in [1.807, 2.05) is 36.4 Å². The predicted octanol–water partition coefficient (Wildman–Crippen LogP) is 3.37. The zero-order valence-corrected chi connectivity index (χ0v) is 17.6. The SMILES string of the molecule is O=C(NCc1ccccc1Cl)c1cn(Cc2ccccc2)cc(C(=O)NC2CC2)c1=O. The molecule has 1 heterocycles. The predicted molar refractivity (Wildman–Crippen MR) is 119 cm³/mol. The lowest BCUT2D eigenvalue weighted by Gasteiger charge is -2.13. The fourth-order valence-corrected chi connectivity index (χ4v) is 3.45. The third-order valence-corrected chi connectivity index (χ3v) is 5.45. The number of amides is 2. The maximum Gasteiger partial charge on any atom is 0.257 e. The molecule has 0 radical (unpaired) electrons. The van der Waals surface area contributed by atoms with E-state index in [1.54, 1.807) is 22.8 Å². The summed E-state index contributed by atoms with van der Waals surface area (Å²) in [6, 6.07) is 16.9. The van der Waals surface area contributed by atoms with E-state index in [-0.39, 0.29) is 23.7 Å². The summed E-state index contributed by atoms with van der Waals surface area (Å²) >= 11 is 6.15. The lowest BCUT2D eigenvalue weighted by Crippen LogP contribution is -2.36. The molecular weight excluding hydrogens is 414 g/mol. The van der Waals surface area contributed by atoms with Gasteiger partial charge in [-0.3, -0.25) is 14.4 Å². The fourth-order valence-electron chi connectivity index (χ4n) is 3.24. The van der Waals surface area contributed by atoms with E-state index in [0.29, 0.717) is 11.6 Å². The molecule has 1 aromatic heterocycles. The van der Waals surface area contributed by atoms with Crippen LogP contribution in [0.1, 0.15) is 44.7 Å². The quantitative estimate of drug-likeness (QED) is 0.597. The Morgan fingerprint density at radius 2 is 1.58 bits per heavy atom. The number of hydrogen-bond acceptors (Lipinski definition) is 3. The van der Waals surface area contributed by atoms with Gasteiger partial charge in [0.25, 0.3) is 11.8 Å². The van der Waals surface area contributed by atoms with Crippen LogP contribution in [0.3, 0.4) is 0 Å².